The van der Waals surface area contributed by atoms with Gasteiger partial charge in [0.2, 0.25) is 17.8 Å². The molecule has 13 heteroatoms. The van der Waals surface area contributed by atoms with Crippen LogP contribution in [0.3, 0.4) is 0 Å². The zero-order valence-electron chi connectivity index (χ0n) is 71.7. The highest BCUT2D eigenvalue weighted by Crippen LogP contribution is 2.55. The summed E-state index contributed by atoms with van der Waals surface area (Å²) in [4.78, 5) is 46.5. The number of furan rings is 1. The minimum Gasteiger partial charge on any atom is -0.456 e. The van der Waals surface area contributed by atoms with Crippen molar-refractivity contribution in [3.8, 4) is 97.3 Å². The quantitative estimate of drug-likeness (QED) is 0.101. The molecule has 7 heterocycles. The molecule has 0 saturated heterocycles. The van der Waals surface area contributed by atoms with Crippen molar-refractivity contribution in [1.29, 1.82) is 0 Å². The second kappa shape index (κ2) is 27.6. The van der Waals surface area contributed by atoms with Crippen LogP contribution in [0.1, 0.15) is 25.0 Å². The fourth-order valence-electron chi connectivity index (χ4n) is 22.6. The summed E-state index contributed by atoms with van der Waals surface area (Å²) in [7, 11) is 0. The Labute approximate surface area is 758 Å². The van der Waals surface area contributed by atoms with Crippen molar-refractivity contribution in [3.63, 3.8) is 0 Å². The van der Waals surface area contributed by atoms with Gasteiger partial charge in [0.05, 0.1) is 33.1 Å². The molecule has 616 valence electrons. The van der Waals surface area contributed by atoms with Gasteiger partial charge < -0.3 is 4.42 Å². The standard InChI is InChI=1S/C44H28N4.C41H22N4O.C35H20N4/c1-44(2)32-18-7-6-14-30(32)38-31(17-9-19-33(38)44)42-45-41(27-11-4-3-5-12-27)46-43(47-42)48-34-20-10-16-29-28-15-8-13-25-21-22-26-23-24-35(48)40(39(29)34)37(26)36(25)28;1-2-9-25(10-3-1)39-42-40(29-15-8-18-33-36(29)28-12-4-5-17-32(28)46-33)44-41(43-39)45-30-16-7-14-27-26-13-6-11-23-19-20-24-21-22-31(45)38(37(27)30)35(24)34(23)26;1-3-9-23(10-4-1)33-36-34(24-11-5-2-6-12-24)38-35(37-33)39-27-16-8-15-26-25-14-7-13-21-17-18-22-19-20-28(39)32(31(26)27)30(22)29(21)25/h3-24H,1-2H3;1-22H;1-20H. The van der Waals surface area contributed by atoms with Crippen LogP contribution in [0, 0.1) is 0 Å². The van der Waals surface area contributed by atoms with E-state index in [9.17, 15) is 0 Å². The van der Waals surface area contributed by atoms with E-state index in [1.807, 2.05) is 127 Å². The molecule has 0 saturated carbocycles. The molecule has 13 nitrogen and oxygen atoms in total. The summed E-state index contributed by atoms with van der Waals surface area (Å²) in [5, 5.41) is 32.5. The van der Waals surface area contributed by atoms with Crippen molar-refractivity contribution < 1.29 is 4.42 Å². The van der Waals surface area contributed by atoms with Crippen LogP contribution in [-0.2, 0) is 5.41 Å². The number of nitrogens with zero attached hydrogens (tertiary/aromatic N) is 12. The fraction of sp³-hybridized carbons (Fsp3) is 0.0250. The van der Waals surface area contributed by atoms with Gasteiger partial charge in [-0.05, 0) is 152 Å². The number of rotatable bonds is 9. The van der Waals surface area contributed by atoms with Gasteiger partial charge in [-0.1, -0.05) is 354 Å². The molecule has 133 heavy (non-hydrogen) atoms. The monoisotopic (exact) mass is 1690 g/mol. The lowest BCUT2D eigenvalue weighted by Gasteiger charge is -2.21. The topological polar surface area (TPSA) is 144 Å². The summed E-state index contributed by atoms with van der Waals surface area (Å²) in [6.07, 6.45) is 0. The molecule has 0 radical (unpaired) electrons. The lowest BCUT2D eigenvalue weighted by molar-refractivity contribution is 0.660. The minimum absolute atomic E-state index is 0.125. The van der Waals surface area contributed by atoms with Gasteiger partial charge in [0, 0.05) is 98.0 Å². The van der Waals surface area contributed by atoms with E-state index in [0.29, 0.717) is 52.8 Å². The molecular formula is C120H70N12O. The highest BCUT2D eigenvalue weighted by Gasteiger charge is 2.38. The van der Waals surface area contributed by atoms with Crippen LogP contribution in [0.5, 0.6) is 0 Å². The van der Waals surface area contributed by atoms with Crippen LogP contribution < -0.4 is 0 Å². The van der Waals surface area contributed by atoms with Crippen molar-refractivity contribution in [2.45, 2.75) is 19.3 Å². The Hall–Kier alpha value is -17.8. The number of hydrogen-bond donors (Lipinski definition) is 0. The maximum Gasteiger partial charge on any atom is 0.238 e. The molecular weight excluding hydrogens is 1630 g/mol. The van der Waals surface area contributed by atoms with E-state index in [4.69, 9.17) is 49.3 Å². The van der Waals surface area contributed by atoms with Gasteiger partial charge in [0.25, 0.3) is 0 Å². The van der Waals surface area contributed by atoms with Gasteiger partial charge in [0.1, 0.15) is 11.2 Å². The van der Waals surface area contributed by atoms with E-state index < -0.39 is 0 Å². The van der Waals surface area contributed by atoms with E-state index in [2.05, 4.69) is 288 Å². The Morgan fingerprint density at radius 3 is 0.902 bits per heavy atom. The van der Waals surface area contributed by atoms with Crippen LogP contribution in [0.4, 0.5) is 0 Å². The molecule has 31 rings (SSSR count). The molecule has 0 amide bonds. The first-order chi connectivity index (χ1) is 65.7. The molecule has 0 N–H and O–H groups in total. The number of hydrogen-bond acceptors (Lipinski definition) is 10. The molecule has 0 unspecified atom stereocenters. The number of benzene rings is 23. The van der Waals surface area contributed by atoms with Crippen LogP contribution in [-0.4, -0.2) is 58.6 Å². The van der Waals surface area contributed by atoms with Crippen LogP contribution in [0.2, 0.25) is 0 Å². The predicted octanol–water partition coefficient (Wildman–Crippen LogP) is 30.1. The fourth-order valence-corrected chi connectivity index (χ4v) is 22.6. The van der Waals surface area contributed by atoms with Crippen molar-refractivity contribution in [1.82, 2.24) is 58.6 Å². The maximum atomic E-state index is 6.26. The van der Waals surface area contributed by atoms with E-state index in [1.165, 1.54) is 152 Å². The molecule has 30 aromatic rings. The van der Waals surface area contributed by atoms with Crippen molar-refractivity contribution in [3.05, 3.63) is 399 Å². The Bertz CT molecular complexity index is 9960. The number of aromatic nitrogens is 12. The van der Waals surface area contributed by atoms with Crippen LogP contribution in [0.15, 0.2) is 393 Å². The number of para-hydroxylation sites is 1. The SMILES string of the molecule is CC1(C)c2ccccc2-c2c(-c3nc(-c4ccccc4)nc(-n4c5cccc6c7cccc8ccc9ccc4c(c9c87)c65)n3)cccc21.c1ccc(-c2nc(-c3cccc4oc5ccccc5c34)nc(-n3c4cccc5c6cccc7ccc8ccc3c(c8c76)c54)n2)cc1.c1ccc(-c2nc(-c3ccccc3)nc(-n3c4cccc5c6cccc7ccc8ccc3c(c8c76)c54)n2)cc1. The Morgan fingerprint density at radius 1 is 0.188 bits per heavy atom. The first-order valence-electron chi connectivity index (χ1n) is 45.2. The van der Waals surface area contributed by atoms with Gasteiger partial charge in [0.15, 0.2) is 34.9 Å². The highest BCUT2D eigenvalue weighted by atomic mass is 16.3. The summed E-state index contributed by atoms with van der Waals surface area (Å²) in [6, 6.07) is 137. The lowest BCUT2D eigenvalue weighted by Crippen LogP contribution is -2.14. The third kappa shape index (κ3) is 10.5. The van der Waals surface area contributed by atoms with Crippen LogP contribution >= 0.6 is 0 Å². The van der Waals surface area contributed by atoms with E-state index in [1.54, 1.807) is 0 Å². The number of fused-ring (bicyclic) bond motifs is 9. The zero-order chi connectivity index (χ0) is 87.2. The smallest absolute Gasteiger partial charge is 0.238 e. The third-order valence-corrected chi connectivity index (χ3v) is 28.3. The third-order valence-electron chi connectivity index (χ3n) is 28.3. The summed E-state index contributed by atoms with van der Waals surface area (Å²) in [5.41, 5.74) is 18.9. The summed E-state index contributed by atoms with van der Waals surface area (Å²) >= 11 is 0. The van der Waals surface area contributed by atoms with Gasteiger partial charge in [-0.25, -0.2) is 15.0 Å². The molecule has 0 bridgehead atoms. The van der Waals surface area contributed by atoms with E-state index in [0.717, 1.165) is 88.4 Å². The Balaban J connectivity index is 0.0000000980. The molecule has 23 aromatic carbocycles. The summed E-state index contributed by atoms with van der Waals surface area (Å²) in [6.45, 7) is 4.62. The van der Waals surface area contributed by atoms with Crippen molar-refractivity contribution in [2.75, 3.05) is 0 Å². The first kappa shape index (κ1) is 73.3. The zero-order valence-corrected chi connectivity index (χ0v) is 71.7. The normalized spacial score (nSPS) is 12.8. The average molecular weight is 1700 g/mol. The van der Waals surface area contributed by atoms with E-state index >= 15 is 0 Å². The molecule has 7 aromatic heterocycles. The largest absolute Gasteiger partial charge is 0.456 e. The second-order valence-corrected chi connectivity index (χ2v) is 35.7. The molecule has 0 aliphatic heterocycles. The Kier molecular flexibility index (Phi) is 15.2. The average Bonchev–Trinajstić information content (AvgIpc) is 1.53. The van der Waals surface area contributed by atoms with Gasteiger partial charge >= 0.3 is 0 Å². The van der Waals surface area contributed by atoms with E-state index in [-0.39, 0.29) is 5.41 Å². The predicted molar refractivity (Wildman–Crippen MR) is 545 cm³/mol. The first-order valence-corrected chi connectivity index (χ1v) is 45.2. The van der Waals surface area contributed by atoms with Gasteiger partial charge in [-0.15, -0.1) is 0 Å². The molecule has 1 aliphatic rings. The lowest BCUT2D eigenvalue weighted by atomic mass is 9.82. The van der Waals surface area contributed by atoms with Crippen LogP contribution in [0.25, 0.3) is 282 Å². The van der Waals surface area contributed by atoms with Crippen molar-refractivity contribution in [2.24, 2.45) is 0 Å². The Morgan fingerprint density at radius 2 is 0.474 bits per heavy atom. The minimum atomic E-state index is -0.125. The van der Waals surface area contributed by atoms with Gasteiger partial charge in [-0.2, -0.15) is 29.9 Å². The second-order valence-electron chi connectivity index (χ2n) is 35.7. The summed E-state index contributed by atoms with van der Waals surface area (Å²) < 4.78 is 13.0. The maximum absolute atomic E-state index is 6.26. The molecule has 0 spiro atoms. The van der Waals surface area contributed by atoms with Gasteiger partial charge in [-0.3, -0.25) is 13.7 Å². The summed E-state index contributed by atoms with van der Waals surface area (Å²) in [5.74, 6) is 5.71. The molecule has 1 aliphatic carbocycles. The molecule has 0 fully saturated rings. The van der Waals surface area contributed by atoms with Crippen molar-refractivity contribution >= 4 is 184 Å². The highest BCUT2D eigenvalue weighted by molar-refractivity contribution is 6.43. The molecule has 0 atom stereocenters.